The Morgan fingerprint density at radius 2 is 0.795 bits per heavy atom. The molecule has 0 fully saturated rings. The van der Waals surface area contributed by atoms with Gasteiger partial charge in [-0.15, -0.1) is 0 Å². The normalized spacial score (nSPS) is 8.79. The number of isocyanates is 2. The zero-order valence-corrected chi connectivity index (χ0v) is 22.8. The van der Waals surface area contributed by atoms with E-state index in [1.807, 2.05) is 0 Å². The Bertz CT molecular complexity index is 690. The minimum atomic E-state index is -1.11. The first-order chi connectivity index (χ1) is 18.1. The molecule has 0 saturated heterocycles. The molecule has 7 N–H and O–H groups in total. The number of aliphatic hydroxyl groups is 4. The summed E-state index contributed by atoms with van der Waals surface area (Å²) >= 11 is 0. The van der Waals surface area contributed by atoms with Crippen LogP contribution in [0, 0.1) is 5.41 Å². The third-order valence-corrected chi connectivity index (χ3v) is 3.86. The van der Waals surface area contributed by atoms with Crippen LogP contribution >= 0.6 is 0 Å². The highest BCUT2D eigenvalue weighted by Crippen LogP contribution is 2.11. The van der Waals surface area contributed by atoms with E-state index in [-0.39, 0.29) is 16.7 Å². The Morgan fingerprint density at radius 1 is 0.590 bits per heavy atom. The molecule has 0 aliphatic heterocycles. The van der Waals surface area contributed by atoms with Gasteiger partial charge in [-0.3, -0.25) is 0 Å². The first-order valence-corrected chi connectivity index (χ1v) is 11.3. The molecule has 0 rings (SSSR count). The largest absolute Gasteiger partial charge is 0.478 e. The number of aliphatic hydroxyl groups excluding tert-OH is 4. The standard InChI is InChI=1S/C8H12N2O2.C5H12O4.3C4H6O2/c11-7-9-5-3-1-2-4-6-10-8-12;6-1-5(2-7,3-8)4-9;3*1-3(2)4(5)6/h1-6H2;6-9H,1-4H2;3*1H2,2H3,(H,5,6). The molecule has 0 aliphatic rings. The number of aliphatic imine (C=N–C) groups is 2. The van der Waals surface area contributed by atoms with Crippen LogP contribution < -0.4 is 0 Å². The zero-order valence-electron chi connectivity index (χ0n) is 22.8. The van der Waals surface area contributed by atoms with E-state index in [2.05, 4.69) is 29.7 Å². The van der Waals surface area contributed by atoms with Gasteiger partial charge < -0.3 is 35.7 Å². The third kappa shape index (κ3) is 41.6. The number of aliphatic carboxylic acids is 3. The van der Waals surface area contributed by atoms with Crippen LogP contribution in [0.25, 0.3) is 0 Å². The number of carbonyl (C=O) groups excluding carboxylic acids is 2. The summed E-state index contributed by atoms with van der Waals surface area (Å²) in [6, 6.07) is 0. The monoisotopic (exact) mass is 562 g/mol. The van der Waals surface area contributed by atoms with Gasteiger partial charge in [-0.05, 0) is 33.6 Å². The second-order valence-corrected chi connectivity index (χ2v) is 7.75. The summed E-state index contributed by atoms with van der Waals surface area (Å²) < 4.78 is 0. The van der Waals surface area contributed by atoms with Crippen LogP contribution in [-0.4, -0.2) is 105 Å². The SMILES string of the molecule is C=C(C)C(=O)O.C=C(C)C(=O)O.C=C(C)C(=O)O.O=C=NCCCCCCN=C=O.OCC(CO)(CO)CO. The van der Waals surface area contributed by atoms with Crippen molar-refractivity contribution in [2.24, 2.45) is 15.4 Å². The van der Waals surface area contributed by atoms with Gasteiger partial charge in [0.2, 0.25) is 12.2 Å². The molecule has 39 heavy (non-hydrogen) atoms. The molecule has 224 valence electrons. The number of hydrogen-bond acceptors (Lipinski definition) is 11. The molecule has 0 aliphatic carbocycles. The van der Waals surface area contributed by atoms with Crippen LogP contribution in [0.2, 0.25) is 0 Å². The quantitative estimate of drug-likeness (QED) is 0.0680. The highest BCUT2D eigenvalue weighted by molar-refractivity contribution is 5.85. The van der Waals surface area contributed by atoms with Gasteiger partial charge in [0.15, 0.2) is 0 Å². The van der Waals surface area contributed by atoms with Crippen molar-refractivity contribution in [3.8, 4) is 0 Å². The molecule has 0 atom stereocenters. The summed E-state index contributed by atoms with van der Waals surface area (Å²) in [4.78, 5) is 54.9. The molecule has 0 bridgehead atoms. The van der Waals surface area contributed by atoms with Crippen molar-refractivity contribution in [3.63, 3.8) is 0 Å². The van der Waals surface area contributed by atoms with Crippen LogP contribution in [0.1, 0.15) is 46.5 Å². The van der Waals surface area contributed by atoms with Crippen molar-refractivity contribution < 1.29 is 59.7 Å². The molecule has 0 aromatic rings. The van der Waals surface area contributed by atoms with Crippen molar-refractivity contribution in [1.29, 1.82) is 0 Å². The van der Waals surface area contributed by atoms with Gasteiger partial charge in [0.1, 0.15) is 0 Å². The number of carboxylic acid groups (broad SMARTS) is 3. The summed E-state index contributed by atoms with van der Waals surface area (Å²) in [6.07, 6.45) is 6.80. The van der Waals surface area contributed by atoms with Crippen LogP contribution in [0.5, 0.6) is 0 Å². The Balaban J connectivity index is -0.000000128. The first kappa shape index (κ1) is 45.2. The van der Waals surface area contributed by atoms with Gasteiger partial charge in [-0.1, -0.05) is 32.6 Å². The predicted molar refractivity (Wildman–Crippen MR) is 143 cm³/mol. The Kier molecular flexibility index (Phi) is 37.4. The van der Waals surface area contributed by atoms with Crippen LogP contribution in [0.15, 0.2) is 46.4 Å². The molecular weight excluding hydrogens is 520 g/mol. The maximum atomic E-state index is 9.63. The van der Waals surface area contributed by atoms with Crippen LogP contribution in [0.3, 0.4) is 0 Å². The number of hydrogen-bond donors (Lipinski definition) is 7. The van der Waals surface area contributed by atoms with Crippen molar-refractivity contribution in [2.45, 2.75) is 46.5 Å². The second kappa shape index (κ2) is 32.3. The van der Waals surface area contributed by atoms with Gasteiger partial charge in [-0.25, -0.2) is 34.0 Å². The lowest BCUT2D eigenvalue weighted by molar-refractivity contribution is -0.133. The molecule has 0 aromatic carbocycles. The lowest BCUT2D eigenvalue weighted by Gasteiger charge is -2.23. The van der Waals surface area contributed by atoms with E-state index >= 15 is 0 Å². The van der Waals surface area contributed by atoms with E-state index in [0.717, 1.165) is 25.7 Å². The first-order valence-electron chi connectivity index (χ1n) is 11.3. The third-order valence-electron chi connectivity index (χ3n) is 3.86. The van der Waals surface area contributed by atoms with Gasteiger partial charge in [-0.2, -0.15) is 0 Å². The fourth-order valence-electron chi connectivity index (χ4n) is 1.13. The number of rotatable bonds is 14. The summed E-state index contributed by atoms with van der Waals surface area (Å²) in [7, 11) is 0. The second-order valence-electron chi connectivity index (χ2n) is 7.75. The van der Waals surface area contributed by atoms with Gasteiger partial charge in [0.05, 0.1) is 44.9 Å². The molecular formula is C25H42N2O12. The fraction of sp³-hybridized carbons (Fsp3) is 0.560. The number of unbranched alkanes of at least 4 members (excludes halogenated alkanes) is 3. The molecule has 0 aromatic heterocycles. The average molecular weight is 563 g/mol. The van der Waals surface area contributed by atoms with E-state index in [4.69, 9.17) is 35.7 Å². The lowest BCUT2D eigenvalue weighted by Crippen LogP contribution is -2.37. The van der Waals surface area contributed by atoms with E-state index in [1.54, 1.807) is 0 Å². The van der Waals surface area contributed by atoms with Gasteiger partial charge in [0.25, 0.3) is 0 Å². The topological polar surface area (TPSA) is 252 Å². The van der Waals surface area contributed by atoms with Gasteiger partial charge >= 0.3 is 17.9 Å². The molecule has 0 amide bonds. The molecule has 0 unspecified atom stereocenters. The van der Waals surface area contributed by atoms with Crippen molar-refractivity contribution in [2.75, 3.05) is 39.5 Å². The summed E-state index contributed by atoms with van der Waals surface area (Å²) in [6.45, 7) is 13.3. The summed E-state index contributed by atoms with van der Waals surface area (Å²) in [5, 5.41) is 57.7. The van der Waals surface area contributed by atoms with Crippen molar-refractivity contribution in [1.82, 2.24) is 0 Å². The lowest BCUT2D eigenvalue weighted by atomic mass is 9.93. The molecule has 0 radical (unpaired) electrons. The Hall–Kier alpha value is -3.77. The maximum absolute atomic E-state index is 9.63. The van der Waals surface area contributed by atoms with Gasteiger partial charge in [0, 0.05) is 16.7 Å². The molecule has 0 saturated carbocycles. The Morgan fingerprint density at radius 3 is 0.897 bits per heavy atom. The van der Waals surface area contributed by atoms with Crippen molar-refractivity contribution >= 4 is 30.1 Å². The van der Waals surface area contributed by atoms with Crippen LogP contribution in [-0.2, 0) is 24.0 Å². The number of nitrogens with zero attached hydrogens (tertiary/aromatic N) is 2. The minimum Gasteiger partial charge on any atom is -0.478 e. The van der Waals surface area contributed by atoms with E-state index in [1.165, 1.54) is 32.9 Å². The molecule has 14 nitrogen and oxygen atoms in total. The minimum absolute atomic E-state index is 0.176. The smallest absolute Gasteiger partial charge is 0.330 e. The maximum Gasteiger partial charge on any atom is 0.330 e. The van der Waals surface area contributed by atoms with E-state index in [9.17, 15) is 24.0 Å². The van der Waals surface area contributed by atoms with Crippen molar-refractivity contribution in [3.05, 3.63) is 36.5 Å². The summed E-state index contributed by atoms with van der Waals surface area (Å²) in [5.41, 5.74) is -0.583. The molecule has 0 heterocycles. The highest BCUT2D eigenvalue weighted by atomic mass is 16.4. The molecule has 0 spiro atoms. The number of carboxylic acids is 3. The Labute approximate surface area is 228 Å². The van der Waals surface area contributed by atoms with Crippen LogP contribution in [0.4, 0.5) is 0 Å². The number of carbonyl (C=O) groups is 3. The zero-order chi connectivity index (χ0) is 31.9. The highest BCUT2D eigenvalue weighted by Gasteiger charge is 2.26. The molecule has 14 heteroatoms. The van der Waals surface area contributed by atoms with E-state index in [0.29, 0.717) is 13.1 Å². The summed E-state index contributed by atoms with van der Waals surface area (Å²) in [5.74, 6) is -2.81. The van der Waals surface area contributed by atoms with E-state index < -0.39 is 49.8 Å². The fourth-order valence-corrected chi connectivity index (χ4v) is 1.13. The predicted octanol–water partition coefficient (Wildman–Crippen LogP) is 1.10. The average Bonchev–Trinajstić information content (AvgIpc) is 2.88.